The van der Waals surface area contributed by atoms with E-state index in [9.17, 15) is 4.79 Å². The zero-order chi connectivity index (χ0) is 14.1. The average Bonchev–Trinajstić information content (AvgIpc) is 2.27. The summed E-state index contributed by atoms with van der Waals surface area (Å²) in [6.07, 6.45) is 1.89. The Morgan fingerprint density at radius 2 is 1.74 bits per heavy atom. The number of primary amides is 1. The summed E-state index contributed by atoms with van der Waals surface area (Å²) in [5.41, 5.74) is 7.60. The third-order valence-electron chi connectivity index (χ3n) is 2.24. The van der Waals surface area contributed by atoms with Crippen LogP contribution < -0.4 is 11.1 Å². The number of carbonyl (C=O) groups is 2. The van der Waals surface area contributed by atoms with E-state index in [1.807, 2.05) is 12.1 Å². The van der Waals surface area contributed by atoms with Gasteiger partial charge in [-0.2, -0.15) is 0 Å². The predicted molar refractivity (Wildman–Crippen MR) is 78.5 cm³/mol. The van der Waals surface area contributed by atoms with Crippen LogP contribution in [0.5, 0.6) is 0 Å². The van der Waals surface area contributed by atoms with E-state index in [1.165, 1.54) is 11.1 Å². The average molecular weight is 350 g/mol. The van der Waals surface area contributed by atoms with Crippen LogP contribution >= 0.6 is 0 Å². The molecule has 0 unspecified atom stereocenters. The Balaban J connectivity index is 0. The Morgan fingerprint density at radius 3 is 2.11 bits per heavy atom. The predicted octanol–water partition coefficient (Wildman–Crippen LogP) is 2.50. The molecule has 1 aromatic carbocycles. The largest absolute Gasteiger partial charge is 2.00 e. The Labute approximate surface area is 137 Å². The van der Waals surface area contributed by atoms with Gasteiger partial charge in [0.05, 0.1) is 5.24 Å². The first-order valence-corrected chi connectivity index (χ1v) is 6.29. The minimum Gasteiger partial charge on any atom is -0.719 e. The fourth-order valence-corrected chi connectivity index (χ4v) is 1.72. The van der Waals surface area contributed by atoms with Crippen molar-refractivity contribution in [2.75, 3.05) is 5.32 Å². The number of hydrogen-bond donors (Lipinski definition) is 2. The van der Waals surface area contributed by atoms with Crippen molar-refractivity contribution >= 4 is 41.4 Å². The van der Waals surface area contributed by atoms with E-state index >= 15 is 0 Å². The van der Waals surface area contributed by atoms with Gasteiger partial charge in [0.15, 0.2) is 0 Å². The van der Waals surface area contributed by atoms with Gasteiger partial charge >= 0.3 is 19.5 Å². The van der Waals surface area contributed by atoms with E-state index in [0.29, 0.717) is 0 Å². The van der Waals surface area contributed by atoms with Crippen LogP contribution in [0.25, 0.3) is 0 Å². The molecule has 100 valence electrons. The number of nitrogens with two attached hydrogens (primary N) is 1. The number of nitrogens with one attached hydrogen (secondary N) is 1. The van der Waals surface area contributed by atoms with Crippen molar-refractivity contribution in [3.8, 4) is 0 Å². The van der Waals surface area contributed by atoms with Crippen molar-refractivity contribution in [2.24, 2.45) is 5.73 Å². The Bertz CT molecular complexity index is 424. The molecule has 1 rings (SSSR count). The SMILES string of the molecule is CCc1cccc(NC(=O)[S-])c1CC.NC(=O)[S-].[Zn+2]. The summed E-state index contributed by atoms with van der Waals surface area (Å²) in [5, 5.41) is 1.50. The van der Waals surface area contributed by atoms with Gasteiger partial charge in [-0.05, 0) is 30.0 Å². The number of rotatable bonds is 3. The third kappa shape index (κ3) is 8.86. The maximum Gasteiger partial charge on any atom is 2.00 e. The molecule has 0 atom stereocenters. The molecule has 19 heavy (non-hydrogen) atoms. The minimum atomic E-state index is -0.750. The molecule has 0 aliphatic carbocycles. The smallest absolute Gasteiger partial charge is 0.719 e. The molecule has 2 amide bonds. The van der Waals surface area contributed by atoms with E-state index in [1.54, 1.807) is 0 Å². The number of carbonyl (C=O) groups excluding carboxylic acids is 2. The van der Waals surface area contributed by atoms with Crippen molar-refractivity contribution in [3.05, 3.63) is 29.3 Å². The molecular formula is C12H16N2O2S2Zn. The number of amides is 2. The minimum absolute atomic E-state index is 0. The van der Waals surface area contributed by atoms with Gasteiger partial charge < -0.3 is 45.9 Å². The number of anilines is 1. The van der Waals surface area contributed by atoms with Crippen LogP contribution in [-0.4, -0.2) is 10.5 Å². The van der Waals surface area contributed by atoms with Gasteiger partial charge in [0.25, 0.3) is 0 Å². The molecule has 0 heterocycles. The van der Waals surface area contributed by atoms with Crippen LogP contribution in [0.1, 0.15) is 25.0 Å². The molecule has 0 aliphatic heterocycles. The number of benzene rings is 1. The maximum atomic E-state index is 10.8. The fourth-order valence-electron chi connectivity index (χ4n) is 1.61. The summed E-state index contributed by atoms with van der Waals surface area (Å²) in [7, 11) is 0. The summed E-state index contributed by atoms with van der Waals surface area (Å²) < 4.78 is 0. The van der Waals surface area contributed by atoms with Crippen molar-refractivity contribution < 1.29 is 29.1 Å². The van der Waals surface area contributed by atoms with Crippen LogP contribution in [0.2, 0.25) is 0 Å². The maximum absolute atomic E-state index is 10.8. The molecule has 0 aliphatic rings. The van der Waals surface area contributed by atoms with Crippen LogP contribution in [-0.2, 0) is 57.6 Å². The topological polar surface area (TPSA) is 72.2 Å². The van der Waals surface area contributed by atoms with Crippen LogP contribution in [0.15, 0.2) is 18.2 Å². The van der Waals surface area contributed by atoms with E-state index in [2.05, 4.69) is 56.2 Å². The second kappa shape index (κ2) is 11.1. The normalized spacial score (nSPS) is 8.53. The Morgan fingerprint density at radius 1 is 1.21 bits per heavy atom. The first-order chi connectivity index (χ1) is 8.42. The van der Waals surface area contributed by atoms with E-state index in [4.69, 9.17) is 4.79 Å². The van der Waals surface area contributed by atoms with Gasteiger partial charge in [0.1, 0.15) is 5.24 Å². The Hall–Kier alpha value is -0.777. The first kappa shape index (κ1) is 20.5. The van der Waals surface area contributed by atoms with E-state index in [0.717, 1.165) is 18.5 Å². The van der Waals surface area contributed by atoms with Crippen molar-refractivity contribution in [2.45, 2.75) is 26.7 Å². The summed E-state index contributed by atoms with van der Waals surface area (Å²) in [6.45, 7) is 4.18. The molecule has 0 bridgehead atoms. The molecule has 0 spiro atoms. The molecule has 0 saturated carbocycles. The zero-order valence-electron chi connectivity index (χ0n) is 11.1. The Kier molecular flexibility index (Phi) is 12.0. The molecule has 3 N–H and O–H groups in total. The molecule has 4 nitrogen and oxygen atoms in total. The third-order valence-corrected chi connectivity index (χ3v) is 2.35. The second-order valence-electron chi connectivity index (χ2n) is 3.38. The van der Waals surface area contributed by atoms with Gasteiger partial charge in [0, 0.05) is 5.69 Å². The van der Waals surface area contributed by atoms with Crippen molar-refractivity contribution in [3.63, 3.8) is 0 Å². The van der Waals surface area contributed by atoms with Gasteiger partial charge in [0.2, 0.25) is 0 Å². The van der Waals surface area contributed by atoms with E-state index in [-0.39, 0.29) is 19.5 Å². The van der Waals surface area contributed by atoms with Crippen LogP contribution in [0.3, 0.4) is 0 Å². The summed E-state index contributed by atoms with van der Waals surface area (Å²) in [6, 6.07) is 5.92. The standard InChI is InChI=1S/C11H15NOS.CH3NOS.Zn/c1-3-8-6-5-7-10(9(8)4-2)12-11(13)14;2-1(3)4;/h5-7H,3-4H2,1-2H3,(H2,12,13,14);(H3,2,3,4);/q;;+2/p-2. The van der Waals surface area contributed by atoms with Gasteiger partial charge in [-0.15, -0.1) is 0 Å². The summed E-state index contributed by atoms with van der Waals surface area (Å²) in [4.78, 5) is 19.8. The van der Waals surface area contributed by atoms with Gasteiger partial charge in [-0.1, -0.05) is 26.0 Å². The van der Waals surface area contributed by atoms with E-state index < -0.39 is 10.5 Å². The number of aryl methyl sites for hydroxylation is 1. The quantitative estimate of drug-likeness (QED) is 0.649. The molecule has 0 aromatic heterocycles. The zero-order valence-corrected chi connectivity index (χ0v) is 15.7. The van der Waals surface area contributed by atoms with Crippen LogP contribution in [0, 0.1) is 0 Å². The molecule has 7 heteroatoms. The molecular weight excluding hydrogens is 334 g/mol. The van der Waals surface area contributed by atoms with Gasteiger partial charge in [-0.25, -0.2) is 0 Å². The molecule has 1 aromatic rings. The van der Waals surface area contributed by atoms with Crippen molar-refractivity contribution in [1.29, 1.82) is 0 Å². The summed E-state index contributed by atoms with van der Waals surface area (Å²) >= 11 is 8.26. The molecule has 0 fully saturated rings. The summed E-state index contributed by atoms with van der Waals surface area (Å²) in [5.74, 6) is 0. The monoisotopic (exact) mass is 348 g/mol. The van der Waals surface area contributed by atoms with Crippen LogP contribution in [0.4, 0.5) is 15.3 Å². The first-order valence-electron chi connectivity index (χ1n) is 5.47. The second-order valence-corrected chi connectivity index (χ2v) is 4.16. The fraction of sp³-hybridized carbons (Fsp3) is 0.333. The van der Waals surface area contributed by atoms with Crippen molar-refractivity contribution in [1.82, 2.24) is 0 Å². The molecule has 0 radical (unpaired) electrons. The van der Waals surface area contributed by atoms with Gasteiger partial charge in [-0.3, -0.25) is 0 Å². The molecule has 0 saturated heterocycles. The number of hydrogen-bond acceptors (Lipinski definition) is 4.